The molecule has 2 saturated heterocycles. The average Bonchev–Trinajstić information content (AvgIpc) is 3.58. The van der Waals surface area contributed by atoms with E-state index in [4.69, 9.17) is 9.97 Å². The normalized spacial score (nSPS) is 16.0. The molecule has 1 amide bonds. The number of amides is 1. The van der Waals surface area contributed by atoms with Crippen molar-refractivity contribution in [3.63, 3.8) is 0 Å². The van der Waals surface area contributed by atoms with Crippen molar-refractivity contribution in [2.24, 2.45) is 0 Å². The zero-order valence-corrected chi connectivity index (χ0v) is 19.1. The van der Waals surface area contributed by atoms with Gasteiger partial charge in [-0.15, -0.1) is 0 Å². The van der Waals surface area contributed by atoms with Crippen molar-refractivity contribution in [2.45, 2.75) is 36.6 Å². The van der Waals surface area contributed by atoms with Crippen LogP contribution in [-0.2, 0) is 5.75 Å². The van der Waals surface area contributed by atoms with Crippen LogP contribution in [0.2, 0.25) is 0 Å². The molecule has 5 nitrogen and oxygen atoms in total. The molecule has 3 aromatic rings. The fourth-order valence-corrected chi connectivity index (χ4v) is 5.15. The van der Waals surface area contributed by atoms with Crippen molar-refractivity contribution in [3.05, 3.63) is 71.8 Å². The van der Waals surface area contributed by atoms with E-state index < -0.39 is 0 Å². The van der Waals surface area contributed by atoms with Gasteiger partial charge in [0.05, 0.1) is 5.69 Å². The summed E-state index contributed by atoms with van der Waals surface area (Å²) in [7, 11) is 0. The van der Waals surface area contributed by atoms with Gasteiger partial charge < -0.3 is 9.80 Å². The summed E-state index contributed by atoms with van der Waals surface area (Å²) < 4.78 is 0. The molecule has 32 heavy (non-hydrogen) atoms. The quantitative estimate of drug-likeness (QED) is 0.383. The number of thioether (sulfide) groups is 1. The predicted octanol–water partition coefficient (Wildman–Crippen LogP) is 5.27. The summed E-state index contributed by atoms with van der Waals surface area (Å²) in [5, 5.41) is 0.797. The van der Waals surface area contributed by atoms with Gasteiger partial charge in [0, 0.05) is 49.1 Å². The number of carbonyl (C=O) groups excluding carboxylic acids is 1. The summed E-state index contributed by atoms with van der Waals surface area (Å²) in [6.07, 6.45) is 4.66. The lowest BCUT2D eigenvalue weighted by Crippen LogP contribution is -2.27. The Morgan fingerprint density at radius 2 is 1.53 bits per heavy atom. The van der Waals surface area contributed by atoms with Gasteiger partial charge in [-0.05, 0) is 43.4 Å². The van der Waals surface area contributed by atoms with Crippen LogP contribution in [0, 0.1) is 0 Å². The van der Waals surface area contributed by atoms with Crippen LogP contribution in [0.4, 0.5) is 5.82 Å². The van der Waals surface area contributed by atoms with Crippen molar-refractivity contribution in [1.82, 2.24) is 14.9 Å². The molecule has 2 aromatic carbocycles. The topological polar surface area (TPSA) is 49.3 Å². The van der Waals surface area contributed by atoms with E-state index in [2.05, 4.69) is 35.2 Å². The summed E-state index contributed by atoms with van der Waals surface area (Å²) in [5.74, 6) is 1.94. The van der Waals surface area contributed by atoms with Crippen LogP contribution in [0.15, 0.2) is 65.8 Å². The monoisotopic (exact) mass is 444 g/mol. The molecule has 0 radical (unpaired) electrons. The van der Waals surface area contributed by atoms with Gasteiger partial charge in [-0.2, -0.15) is 0 Å². The van der Waals surface area contributed by atoms with Crippen LogP contribution in [0.1, 0.15) is 41.6 Å². The van der Waals surface area contributed by atoms with E-state index in [-0.39, 0.29) is 5.91 Å². The molecule has 2 fully saturated rings. The molecular weight excluding hydrogens is 416 g/mol. The summed E-state index contributed by atoms with van der Waals surface area (Å²) in [5.41, 5.74) is 4.03. The first kappa shape index (κ1) is 21.0. The van der Waals surface area contributed by atoms with Gasteiger partial charge >= 0.3 is 0 Å². The zero-order chi connectivity index (χ0) is 21.8. The second-order valence-corrected chi connectivity index (χ2v) is 9.38. The minimum Gasteiger partial charge on any atom is -0.356 e. The third kappa shape index (κ3) is 4.80. The molecule has 6 heteroatoms. The van der Waals surface area contributed by atoms with Gasteiger partial charge in [0.25, 0.3) is 5.91 Å². The summed E-state index contributed by atoms with van der Waals surface area (Å²) in [6.45, 7) is 3.87. The molecule has 164 valence electrons. The number of anilines is 1. The first-order valence-corrected chi connectivity index (χ1v) is 12.5. The maximum atomic E-state index is 12.6. The highest BCUT2D eigenvalue weighted by atomic mass is 32.2. The van der Waals surface area contributed by atoms with Crippen molar-refractivity contribution < 1.29 is 4.79 Å². The molecule has 0 spiro atoms. The minimum absolute atomic E-state index is 0.149. The molecule has 2 aliphatic heterocycles. The van der Waals surface area contributed by atoms with E-state index >= 15 is 0 Å². The number of hydrogen-bond acceptors (Lipinski definition) is 5. The van der Waals surface area contributed by atoms with E-state index in [0.29, 0.717) is 0 Å². The van der Waals surface area contributed by atoms with Gasteiger partial charge in [0.2, 0.25) is 0 Å². The Bertz CT molecular complexity index is 1060. The maximum absolute atomic E-state index is 12.6. The largest absolute Gasteiger partial charge is 0.356 e. The van der Waals surface area contributed by atoms with Crippen LogP contribution in [0.5, 0.6) is 0 Å². The van der Waals surface area contributed by atoms with Crippen molar-refractivity contribution >= 4 is 23.5 Å². The number of likely N-dealkylation sites (tertiary alicyclic amines) is 1. The Balaban J connectivity index is 1.32. The van der Waals surface area contributed by atoms with Crippen molar-refractivity contribution in [3.8, 4) is 11.3 Å². The highest BCUT2D eigenvalue weighted by Crippen LogP contribution is 2.29. The van der Waals surface area contributed by atoms with Crippen LogP contribution in [0.3, 0.4) is 0 Å². The molecule has 0 aliphatic carbocycles. The first-order chi connectivity index (χ1) is 15.8. The summed E-state index contributed by atoms with van der Waals surface area (Å²) >= 11 is 1.65. The Morgan fingerprint density at radius 1 is 0.844 bits per heavy atom. The molecule has 2 aliphatic rings. The van der Waals surface area contributed by atoms with Crippen molar-refractivity contribution in [1.29, 1.82) is 0 Å². The number of benzene rings is 2. The van der Waals surface area contributed by atoms with E-state index in [1.807, 2.05) is 35.2 Å². The van der Waals surface area contributed by atoms with Crippen LogP contribution < -0.4 is 4.90 Å². The molecular formula is C26H28N4OS. The smallest absolute Gasteiger partial charge is 0.253 e. The maximum Gasteiger partial charge on any atom is 0.253 e. The summed E-state index contributed by atoms with van der Waals surface area (Å²) in [4.78, 5) is 26.6. The Morgan fingerprint density at radius 3 is 2.25 bits per heavy atom. The molecule has 0 unspecified atom stereocenters. The summed E-state index contributed by atoms with van der Waals surface area (Å²) in [6, 6.07) is 20.4. The number of hydrogen-bond donors (Lipinski definition) is 0. The van der Waals surface area contributed by atoms with Gasteiger partial charge in [0.15, 0.2) is 5.16 Å². The molecule has 0 bridgehead atoms. The number of aromatic nitrogens is 2. The molecule has 0 atom stereocenters. The minimum atomic E-state index is 0.149. The Hall–Kier alpha value is -2.86. The van der Waals surface area contributed by atoms with Gasteiger partial charge in [0.1, 0.15) is 5.82 Å². The molecule has 1 aromatic heterocycles. The third-order valence-corrected chi connectivity index (χ3v) is 7.07. The molecule has 0 N–H and O–H groups in total. The van der Waals surface area contributed by atoms with E-state index in [1.165, 1.54) is 18.4 Å². The van der Waals surface area contributed by atoms with E-state index in [0.717, 1.165) is 72.6 Å². The molecule has 3 heterocycles. The average molecular weight is 445 g/mol. The molecule has 5 rings (SSSR count). The lowest BCUT2D eigenvalue weighted by molar-refractivity contribution is 0.0793. The fraction of sp³-hybridized carbons (Fsp3) is 0.346. The van der Waals surface area contributed by atoms with Gasteiger partial charge in [-0.3, -0.25) is 4.79 Å². The van der Waals surface area contributed by atoms with Crippen molar-refractivity contribution in [2.75, 3.05) is 31.1 Å². The highest BCUT2D eigenvalue weighted by molar-refractivity contribution is 7.98. The molecule has 0 saturated carbocycles. The lowest BCUT2D eigenvalue weighted by atomic mass is 10.1. The van der Waals surface area contributed by atoms with Crippen LogP contribution >= 0.6 is 11.8 Å². The van der Waals surface area contributed by atoms with E-state index in [1.54, 1.807) is 11.8 Å². The second-order valence-electron chi connectivity index (χ2n) is 8.44. The van der Waals surface area contributed by atoms with Gasteiger partial charge in [-0.1, -0.05) is 54.2 Å². The van der Waals surface area contributed by atoms with Crippen LogP contribution in [-0.4, -0.2) is 47.0 Å². The Kier molecular flexibility index (Phi) is 6.39. The third-order valence-electron chi connectivity index (χ3n) is 6.15. The number of nitrogens with zero attached hydrogens (tertiary/aromatic N) is 4. The van der Waals surface area contributed by atoms with Crippen LogP contribution in [0.25, 0.3) is 11.3 Å². The lowest BCUT2D eigenvalue weighted by Gasteiger charge is -2.18. The number of rotatable bonds is 6. The van der Waals surface area contributed by atoms with Gasteiger partial charge in [-0.25, -0.2) is 9.97 Å². The van der Waals surface area contributed by atoms with E-state index in [9.17, 15) is 4.79 Å². The predicted molar refractivity (Wildman–Crippen MR) is 130 cm³/mol. The highest BCUT2D eigenvalue weighted by Gasteiger charge is 2.19. The standard InChI is InChI=1S/C26H28N4OS/c31-25(30-16-6-7-17-30)22-12-10-20(11-13-22)19-32-26-27-23(21-8-2-1-3-9-21)18-24(28-26)29-14-4-5-15-29/h1-3,8-13,18H,4-7,14-17,19H2. The Labute approximate surface area is 193 Å². The number of carbonyl (C=O) groups is 1. The fourth-order valence-electron chi connectivity index (χ4n) is 4.34. The second kappa shape index (κ2) is 9.74. The first-order valence-electron chi connectivity index (χ1n) is 11.5. The zero-order valence-electron chi connectivity index (χ0n) is 18.2. The SMILES string of the molecule is O=C(c1ccc(CSc2nc(-c3ccccc3)cc(N3CCCC3)n2)cc1)N1CCCC1.